The van der Waals surface area contributed by atoms with E-state index in [-0.39, 0.29) is 12.0 Å². The van der Waals surface area contributed by atoms with Gasteiger partial charge in [0.15, 0.2) is 0 Å². The fourth-order valence-corrected chi connectivity index (χ4v) is 3.01. The molecule has 24 heavy (non-hydrogen) atoms. The van der Waals surface area contributed by atoms with Gasteiger partial charge >= 0.3 is 0 Å². The summed E-state index contributed by atoms with van der Waals surface area (Å²) in [4.78, 5) is 14.4. The van der Waals surface area contributed by atoms with Crippen LogP contribution in [-0.2, 0) is 16.1 Å². The fraction of sp³-hybridized carbons (Fsp3) is 0.412. The van der Waals surface area contributed by atoms with Gasteiger partial charge in [0.1, 0.15) is 5.82 Å². The van der Waals surface area contributed by atoms with Gasteiger partial charge in [0.25, 0.3) is 0 Å². The number of benzene rings is 1. The Hall–Kier alpha value is -1.89. The molecule has 1 fully saturated rings. The van der Waals surface area contributed by atoms with Crippen LogP contribution in [0.1, 0.15) is 12.5 Å². The highest BCUT2D eigenvalue weighted by atomic mass is 35.5. The maximum Gasteiger partial charge on any atom is 0.239 e. The summed E-state index contributed by atoms with van der Waals surface area (Å²) >= 11 is 6.01. The number of anilines is 1. The van der Waals surface area contributed by atoms with Gasteiger partial charge in [-0.2, -0.15) is 5.10 Å². The summed E-state index contributed by atoms with van der Waals surface area (Å²) in [5.41, 5.74) is 1.03. The summed E-state index contributed by atoms with van der Waals surface area (Å²) in [6.45, 7) is 5.15. The van der Waals surface area contributed by atoms with E-state index in [1.165, 1.54) is 0 Å². The van der Waals surface area contributed by atoms with E-state index >= 15 is 0 Å². The van der Waals surface area contributed by atoms with Crippen LogP contribution in [0.25, 0.3) is 0 Å². The van der Waals surface area contributed by atoms with Crippen molar-refractivity contribution in [2.75, 3.05) is 31.6 Å². The van der Waals surface area contributed by atoms with Crippen LogP contribution >= 0.6 is 11.6 Å². The van der Waals surface area contributed by atoms with E-state index < -0.39 is 0 Å². The molecule has 1 aliphatic rings. The molecule has 0 aliphatic carbocycles. The molecular weight excluding hydrogens is 328 g/mol. The molecule has 0 bridgehead atoms. The third kappa shape index (κ3) is 4.56. The third-order valence-corrected chi connectivity index (χ3v) is 4.13. The molecule has 0 saturated carbocycles. The highest BCUT2D eigenvalue weighted by Crippen LogP contribution is 2.14. The van der Waals surface area contributed by atoms with Crippen LogP contribution in [0.4, 0.5) is 5.82 Å². The molecule has 1 amide bonds. The van der Waals surface area contributed by atoms with Crippen molar-refractivity contribution in [1.82, 2.24) is 14.7 Å². The number of hydrogen-bond donors (Lipinski definition) is 1. The number of halogens is 1. The lowest BCUT2D eigenvalue weighted by atomic mass is 10.2. The zero-order valence-corrected chi connectivity index (χ0v) is 14.4. The molecule has 0 unspecified atom stereocenters. The van der Waals surface area contributed by atoms with Gasteiger partial charge in [-0.3, -0.25) is 9.69 Å². The lowest BCUT2D eigenvalue weighted by Crippen LogP contribution is -2.44. The fourth-order valence-electron chi connectivity index (χ4n) is 2.79. The molecule has 1 aromatic heterocycles. The van der Waals surface area contributed by atoms with E-state index in [1.54, 1.807) is 16.9 Å². The Kier molecular flexibility index (Phi) is 5.50. The maximum absolute atomic E-state index is 12.3. The molecule has 6 nitrogen and oxygen atoms in total. The predicted octanol–water partition coefficient (Wildman–Crippen LogP) is 2.24. The first-order valence-electron chi connectivity index (χ1n) is 8.00. The highest BCUT2D eigenvalue weighted by Gasteiger charge is 2.19. The molecular formula is C17H21ClN4O2. The van der Waals surface area contributed by atoms with Crippen LogP contribution in [0.3, 0.4) is 0 Å². The van der Waals surface area contributed by atoms with Gasteiger partial charge in [-0.15, -0.1) is 0 Å². The van der Waals surface area contributed by atoms with Gasteiger partial charge in [0, 0.05) is 24.2 Å². The Bertz CT molecular complexity index is 703. The third-order valence-electron chi connectivity index (χ3n) is 3.90. The normalized spacial score (nSPS) is 18.5. The predicted molar refractivity (Wildman–Crippen MR) is 93.3 cm³/mol. The number of ether oxygens (including phenoxy) is 1. The lowest BCUT2D eigenvalue weighted by Gasteiger charge is -2.30. The van der Waals surface area contributed by atoms with Crippen molar-refractivity contribution >= 4 is 23.3 Å². The van der Waals surface area contributed by atoms with E-state index in [4.69, 9.17) is 16.3 Å². The lowest BCUT2D eigenvalue weighted by molar-refractivity contribution is -0.119. The highest BCUT2D eigenvalue weighted by molar-refractivity contribution is 6.30. The molecule has 1 aliphatic heterocycles. The van der Waals surface area contributed by atoms with E-state index in [2.05, 4.69) is 15.3 Å². The standard InChI is InChI=1S/C17H21ClN4O2/c1-13-10-21(7-8-24-13)12-17(23)20-16-5-6-19-22(16)11-14-3-2-4-15(18)9-14/h2-6,9,13H,7-8,10-12H2,1H3,(H,20,23)/t13-/m0/s1. The first-order valence-corrected chi connectivity index (χ1v) is 8.38. The number of carbonyl (C=O) groups is 1. The van der Waals surface area contributed by atoms with Gasteiger partial charge < -0.3 is 10.1 Å². The summed E-state index contributed by atoms with van der Waals surface area (Å²) in [7, 11) is 0. The number of amides is 1. The SMILES string of the molecule is C[C@H]1CN(CC(=O)Nc2ccnn2Cc2cccc(Cl)c2)CCO1. The molecule has 3 rings (SSSR count). The van der Waals surface area contributed by atoms with Crippen LogP contribution in [0.15, 0.2) is 36.5 Å². The first kappa shape index (κ1) is 17.0. The minimum atomic E-state index is -0.0445. The molecule has 128 valence electrons. The van der Waals surface area contributed by atoms with E-state index in [0.29, 0.717) is 30.5 Å². The van der Waals surface area contributed by atoms with Gasteiger partial charge in [0.2, 0.25) is 5.91 Å². The molecule has 1 aromatic carbocycles. The van der Waals surface area contributed by atoms with Crippen molar-refractivity contribution in [1.29, 1.82) is 0 Å². The Morgan fingerprint density at radius 3 is 3.12 bits per heavy atom. The zero-order valence-electron chi connectivity index (χ0n) is 13.6. The van der Waals surface area contributed by atoms with Gasteiger partial charge in [0.05, 0.1) is 32.0 Å². The quantitative estimate of drug-likeness (QED) is 0.900. The molecule has 1 saturated heterocycles. The van der Waals surface area contributed by atoms with Gasteiger partial charge in [-0.1, -0.05) is 23.7 Å². The summed E-state index contributed by atoms with van der Waals surface area (Å²) in [6.07, 6.45) is 1.84. The maximum atomic E-state index is 12.3. The smallest absolute Gasteiger partial charge is 0.239 e. The van der Waals surface area contributed by atoms with Crippen molar-refractivity contribution in [3.63, 3.8) is 0 Å². The molecule has 2 heterocycles. The minimum Gasteiger partial charge on any atom is -0.376 e. The van der Waals surface area contributed by atoms with Crippen LogP contribution in [0, 0.1) is 0 Å². The van der Waals surface area contributed by atoms with Crippen LogP contribution in [0.2, 0.25) is 5.02 Å². The molecule has 0 radical (unpaired) electrons. The van der Waals surface area contributed by atoms with Crippen molar-refractivity contribution in [2.24, 2.45) is 0 Å². The molecule has 1 atom stereocenters. The Balaban J connectivity index is 1.59. The van der Waals surface area contributed by atoms with E-state index in [0.717, 1.165) is 18.7 Å². The van der Waals surface area contributed by atoms with Crippen molar-refractivity contribution in [3.05, 3.63) is 47.1 Å². The van der Waals surface area contributed by atoms with Gasteiger partial charge in [-0.05, 0) is 24.6 Å². The number of aromatic nitrogens is 2. The molecule has 0 spiro atoms. The second-order valence-corrected chi connectivity index (χ2v) is 6.41. The topological polar surface area (TPSA) is 59.4 Å². The van der Waals surface area contributed by atoms with Gasteiger partial charge in [-0.25, -0.2) is 4.68 Å². The summed E-state index contributed by atoms with van der Waals surface area (Å²) in [5, 5.41) is 7.90. The number of rotatable bonds is 5. The van der Waals surface area contributed by atoms with Crippen LogP contribution < -0.4 is 5.32 Å². The average molecular weight is 349 g/mol. The Morgan fingerprint density at radius 2 is 2.33 bits per heavy atom. The Labute approximate surface area is 146 Å². The number of hydrogen-bond acceptors (Lipinski definition) is 4. The number of nitrogens with zero attached hydrogens (tertiary/aromatic N) is 3. The van der Waals surface area contributed by atoms with Crippen molar-refractivity contribution in [3.8, 4) is 0 Å². The minimum absolute atomic E-state index is 0.0445. The van der Waals surface area contributed by atoms with E-state index in [1.807, 2.05) is 31.2 Å². The average Bonchev–Trinajstić information content (AvgIpc) is 2.94. The van der Waals surface area contributed by atoms with Crippen molar-refractivity contribution < 1.29 is 9.53 Å². The molecule has 1 N–H and O–H groups in total. The second-order valence-electron chi connectivity index (χ2n) is 5.97. The summed E-state index contributed by atoms with van der Waals surface area (Å²) in [5.74, 6) is 0.637. The summed E-state index contributed by atoms with van der Waals surface area (Å²) in [6, 6.07) is 9.40. The van der Waals surface area contributed by atoms with Crippen LogP contribution in [0.5, 0.6) is 0 Å². The van der Waals surface area contributed by atoms with Crippen molar-refractivity contribution in [2.45, 2.75) is 19.6 Å². The Morgan fingerprint density at radius 1 is 1.46 bits per heavy atom. The largest absolute Gasteiger partial charge is 0.376 e. The number of nitrogens with one attached hydrogen (secondary N) is 1. The summed E-state index contributed by atoms with van der Waals surface area (Å²) < 4.78 is 7.25. The number of carbonyl (C=O) groups excluding carboxylic acids is 1. The molecule has 2 aromatic rings. The number of morpholine rings is 1. The zero-order chi connectivity index (χ0) is 16.9. The first-order chi connectivity index (χ1) is 11.6. The van der Waals surface area contributed by atoms with E-state index in [9.17, 15) is 4.79 Å². The monoisotopic (exact) mass is 348 g/mol. The molecule has 7 heteroatoms. The second kappa shape index (κ2) is 7.79. The van der Waals surface area contributed by atoms with Crippen LogP contribution in [-0.4, -0.2) is 52.9 Å².